The summed E-state index contributed by atoms with van der Waals surface area (Å²) in [6, 6.07) is 7.46. The van der Waals surface area contributed by atoms with E-state index in [2.05, 4.69) is 10.2 Å². The number of hydrogen-bond donors (Lipinski definition) is 5. The van der Waals surface area contributed by atoms with Crippen LogP contribution in [0.4, 0.5) is 11.4 Å². The van der Waals surface area contributed by atoms with Crippen LogP contribution < -0.4 is 11.2 Å². The maximum Gasteiger partial charge on any atom is 0.318 e. The number of nitrogens with zero attached hydrogens (tertiary/aromatic N) is 4. The van der Waals surface area contributed by atoms with Crippen LogP contribution in [-0.4, -0.2) is 45.3 Å². The molecule has 6 N–H and O–H groups in total. The van der Waals surface area contributed by atoms with Gasteiger partial charge in [-0.1, -0.05) is 17.7 Å². The lowest BCUT2D eigenvalue weighted by molar-refractivity contribution is -0.394. The van der Waals surface area contributed by atoms with Crippen LogP contribution in [0.5, 0.6) is 5.75 Å². The van der Waals surface area contributed by atoms with Gasteiger partial charge in [-0.15, -0.1) is 5.10 Å². The molecule has 2 aromatic carbocycles. The van der Waals surface area contributed by atoms with Gasteiger partial charge in [-0.3, -0.25) is 30.0 Å². The van der Waals surface area contributed by atoms with Crippen molar-refractivity contribution in [3.63, 3.8) is 0 Å². The normalized spacial score (nSPS) is 11.5. The zero-order valence-electron chi connectivity index (χ0n) is 15.6. The zero-order chi connectivity index (χ0) is 23.8. The third-order valence-corrected chi connectivity index (χ3v) is 4.18. The van der Waals surface area contributed by atoms with Gasteiger partial charge in [0, 0.05) is 6.07 Å². The SMILES string of the molecule is Cc1ccc(S(=O)(=O)O)cc1.N/C(=N/N=C/c1cc([N+](=O)[O-])cc([N+](=O)[O-])c1O)NO. The van der Waals surface area contributed by atoms with Crippen molar-refractivity contribution in [3.8, 4) is 5.75 Å². The van der Waals surface area contributed by atoms with Crippen molar-refractivity contribution in [2.45, 2.75) is 11.8 Å². The van der Waals surface area contributed by atoms with Crippen LogP contribution in [0.2, 0.25) is 0 Å². The third kappa shape index (κ3) is 7.65. The number of hydrogen-bond acceptors (Lipinski definition) is 10. The number of benzene rings is 2. The van der Waals surface area contributed by atoms with Gasteiger partial charge in [0.25, 0.3) is 15.8 Å². The molecule has 0 amide bonds. The zero-order valence-corrected chi connectivity index (χ0v) is 16.4. The van der Waals surface area contributed by atoms with E-state index in [-0.39, 0.29) is 10.5 Å². The van der Waals surface area contributed by atoms with Gasteiger partial charge < -0.3 is 10.8 Å². The van der Waals surface area contributed by atoms with Crippen molar-refractivity contribution >= 4 is 33.7 Å². The first-order valence-electron chi connectivity index (χ1n) is 7.83. The molecule has 0 aliphatic heterocycles. The van der Waals surface area contributed by atoms with Crippen molar-refractivity contribution < 1.29 is 33.1 Å². The van der Waals surface area contributed by atoms with Crippen molar-refractivity contribution in [2.24, 2.45) is 15.9 Å². The monoisotopic (exact) mass is 456 g/mol. The molecule has 166 valence electrons. The highest BCUT2D eigenvalue weighted by Crippen LogP contribution is 2.33. The molecule has 0 aromatic heterocycles. The molecule has 0 spiro atoms. The summed E-state index contributed by atoms with van der Waals surface area (Å²) in [4.78, 5) is 19.4. The standard InChI is InChI=1S/C8H8N6O6.C7H8O3S/c9-8(12-16)11-10-3-4-1-5(13(17)18)2-6(7(4)15)14(19)20;1-6-2-4-7(5-3-6)11(8,9)10/h1-3,15-16H,(H3,9,11,12);2-5H,1H3,(H,8,9,10)/b10-3+;. The summed E-state index contributed by atoms with van der Waals surface area (Å²) in [5.74, 6) is -1.30. The Bertz CT molecular complexity index is 1130. The third-order valence-electron chi connectivity index (χ3n) is 3.31. The number of aromatic hydroxyl groups is 1. The fourth-order valence-corrected chi connectivity index (χ4v) is 2.33. The van der Waals surface area contributed by atoms with Gasteiger partial charge in [-0.05, 0) is 19.1 Å². The minimum Gasteiger partial charge on any atom is -0.502 e. The Kier molecular flexibility index (Phi) is 8.49. The molecule has 2 aromatic rings. The molecule has 0 atom stereocenters. The highest BCUT2D eigenvalue weighted by atomic mass is 32.2. The van der Waals surface area contributed by atoms with Gasteiger partial charge in [-0.25, -0.2) is 5.48 Å². The quantitative estimate of drug-likeness (QED) is 0.140. The molecule has 2 rings (SSSR count). The van der Waals surface area contributed by atoms with Gasteiger partial charge in [0.05, 0.1) is 32.6 Å². The summed E-state index contributed by atoms with van der Waals surface area (Å²) >= 11 is 0. The summed E-state index contributed by atoms with van der Waals surface area (Å²) in [6.07, 6.45) is 0.805. The molecule has 15 nitrogen and oxygen atoms in total. The molecule has 0 bridgehead atoms. The van der Waals surface area contributed by atoms with Crippen LogP contribution in [0.25, 0.3) is 0 Å². The first-order chi connectivity index (χ1) is 14.4. The summed E-state index contributed by atoms with van der Waals surface area (Å²) < 4.78 is 29.6. The lowest BCUT2D eigenvalue weighted by atomic mass is 10.1. The largest absolute Gasteiger partial charge is 0.502 e. The van der Waals surface area contributed by atoms with E-state index in [1.807, 2.05) is 6.92 Å². The smallest absolute Gasteiger partial charge is 0.318 e. The van der Waals surface area contributed by atoms with E-state index in [4.69, 9.17) is 15.5 Å². The summed E-state index contributed by atoms with van der Waals surface area (Å²) in [7, 11) is -4.02. The fraction of sp³-hybridized carbons (Fsp3) is 0.0667. The number of nitrogens with one attached hydrogen (secondary N) is 1. The predicted molar refractivity (Wildman–Crippen MR) is 107 cm³/mol. The summed E-state index contributed by atoms with van der Waals surface area (Å²) in [5.41, 5.74) is 5.69. The molecular weight excluding hydrogens is 440 g/mol. The summed E-state index contributed by atoms with van der Waals surface area (Å²) in [6.45, 7) is 1.84. The number of hydroxylamine groups is 1. The second-order valence-electron chi connectivity index (χ2n) is 5.55. The first kappa shape index (κ1) is 24.9. The summed E-state index contributed by atoms with van der Waals surface area (Å²) in [5, 5.41) is 45.7. The molecule has 0 heterocycles. The van der Waals surface area contributed by atoms with Gasteiger partial charge in [0.15, 0.2) is 0 Å². The molecule has 0 unspecified atom stereocenters. The highest BCUT2D eigenvalue weighted by molar-refractivity contribution is 7.85. The number of nitrogens with two attached hydrogens (primary N) is 1. The van der Waals surface area contributed by atoms with E-state index < -0.39 is 43.0 Å². The number of phenolic OH excluding ortho intramolecular Hbond substituents is 1. The van der Waals surface area contributed by atoms with E-state index in [1.165, 1.54) is 17.6 Å². The lowest BCUT2D eigenvalue weighted by Crippen LogP contribution is -2.27. The van der Waals surface area contributed by atoms with Crippen LogP contribution in [0, 0.1) is 27.2 Å². The first-order valence-corrected chi connectivity index (χ1v) is 9.27. The number of rotatable bonds is 5. The topological polar surface area (TPSA) is 244 Å². The van der Waals surface area contributed by atoms with E-state index in [0.29, 0.717) is 6.07 Å². The van der Waals surface area contributed by atoms with E-state index in [0.717, 1.165) is 17.8 Å². The van der Waals surface area contributed by atoms with Gasteiger partial charge in [0.1, 0.15) is 0 Å². The maximum atomic E-state index is 10.7. The Morgan fingerprint density at radius 1 is 1.16 bits per heavy atom. The fourth-order valence-electron chi connectivity index (χ4n) is 1.85. The molecule has 0 saturated heterocycles. The number of non-ortho nitro benzene ring substituents is 1. The van der Waals surface area contributed by atoms with E-state index in [9.17, 15) is 33.8 Å². The molecule has 0 aliphatic carbocycles. The van der Waals surface area contributed by atoms with Crippen LogP contribution in [0.3, 0.4) is 0 Å². The Balaban J connectivity index is 0.000000367. The van der Waals surface area contributed by atoms with Crippen LogP contribution in [0.1, 0.15) is 11.1 Å². The minimum atomic E-state index is -4.02. The molecule has 0 fully saturated rings. The Morgan fingerprint density at radius 2 is 1.74 bits per heavy atom. The Labute approximate surface area is 174 Å². The average Bonchev–Trinajstić information content (AvgIpc) is 2.68. The number of aryl methyl sites for hydroxylation is 1. The average molecular weight is 456 g/mol. The van der Waals surface area contributed by atoms with E-state index in [1.54, 1.807) is 12.1 Å². The number of nitro groups is 2. The van der Waals surface area contributed by atoms with Crippen LogP contribution in [-0.2, 0) is 10.1 Å². The molecule has 0 radical (unpaired) electrons. The predicted octanol–water partition coefficient (Wildman–Crippen LogP) is 1.08. The number of nitro benzene ring substituents is 2. The van der Waals surface area contributed by atoms with Crippen LogP contribution in [0.15, 0.2) is 51.5 Å². The number of guanidine groups is 1. The minimum absolute atomic E-state index is 0.0666. The highest BCUT2D eigenvalue weighted by Gasteiger charge is 2.23. The van der Waals surface area contributed by atoms with Gasteiger partial charge >= 0.3 is 5.69 Å². The van der Waals surface area contributed by atoms with E-state index >= 15 is 0 Å². The number of phenols is 1. The molecule has 31 heavy (non-hydrogen) atoms. The molecule has 16 heteroatoms. The second kappa shape index (κ2) is 10.6. The molecule has 0 saturated carbocycles. The second-order valence-corrected chi connectivity index (χ2v) is 6.97. The van der Waals surface area contributed by atoms with Crippen LogP contribution >= 0.6 is 0 Å². The van der Waals surface area contributed by atoms with Crippen molar-refractivity contribution in [1.29, 1.82) is 0 Å². The van der Waals surface area contributed by atoms with Gasteiger partial charge in [-0.2, -0.15) is 13.5 Å². The molecule has 0 aliphatic rings. The Hall–Kier alpha value is -4.15. The van der Waals surface area contributed by atoms with Crippen molar-refractivity contribution in [3.05, 3.63) is 67.8 Å². The maximum absolute atomic E-state index is 10.7. The van der Waals surface area contributed by atoms with Crippen molar-refractivity contribution in [1.82, 2.24) is 5.48 Å². The van der Waals surface area contributed by atoms with Gasteiger partial charge in [0.2, 0.25) is 11.7 Å². The lowest BCUT2D eigenvalue weighted by Gasteiger charge is -2.00. The van der Waals surface area contributed by atoms with Crippen molar-refractivity contribution in [2.75, 3.05) is 0 Å². The Morgan fingerprint density at radius 3 is 2.19 bits per heavy atom. The molecular formula is C15H16N6O9S.